The zero-order valence-corrected chi connectivity index (χ0v) is 13.8. The van der Waals surface area contributed by atoms with Gasteiger partial charge in [-0.3, -0.25) is 4.40 Å². The molecule has 0 aliphatic rings. The topological polar surface area (TPSA) is 30.2 Å². The molecule has 0 amide bonds. The molecule has 124 valence electrons. The fraction of sp³-hybridized carbons (Fsp3) is 0.0526. The van der Waals surface area contributed by atoms with Crippen molar-refractivity contribution in [3.63, 3.8) is 0 Å². The minimum absolute atomic E-state index is 0.159. The van der Waals surface area contributed by atoms with Crippen LogP contribution in [0.2, 0.25) is 0 Å². The van der Waals surface area contributed by atoms with Crippen molar-refractivity contribution in [2.24, 2.45) is 0 Å². The summed E-state index contributed by atoms with van der Waals surface area (Å²) < 4.78 is 28.5. The summed E-state index contributed by atoms with van der Waals surface area (Å²) in [7, 11) is 0. The van der Waals surface area contributed by atoms with Gasteiger partial charge in [-0.15, -0.1) is 10.2 Å². The zero-order chi connectivity index (χ0) is 17.2. The molecule has 0 aliphatic carbocycles. The molecule has 2 heterocycles. The number of rotatable bonds is 4. The van der Waals surface area contributed by atoms with E-state index in [1.807, 2.05) is 28.8 Å². The fourth-order valence-electron chi connectivity index (χ4n) is 2.61. The lowest BCUT2D eigenvalue weighted by molar-refractivity contribution is 0.626. The molecule has 2 aromatic heterocycles. The normalized spacial score (nSPS) is 11.3. The lowest BCUT2D eigenvalue weighted by atomic mass is 10.0. The standard InChI is InChI=1S/C19H13F2N3S/c20-15-8-4-13(5-9-15)18(14-6-10-16(21)11-7-14)25-19-23-22-17-3-1-2-12-24(17)19/h1-12,18H. The Balaban J connectivity index is 1.77. The monoisotopic (exact) mass is 353 g/mol. The van der Waals surface area contributed by atoms with Crippen LogP contribution in [0.15, 0.2) is 78.1 Å². The van der Waals surface area contributed by atoms with Gasteiger partial charge in [0.25, 0.3) is 0 Å². The maximum atomic E-state index is 13.3. The molecule has 0 aliphatic heterocycles. The van der Waals surface area contributed by atoms with Crippen molar-refractivity contribution >= 4 is 17.4 Å². The van der Waals surface area contributed by atoms with E-state index in [0.717, 1.165) is 16.8 Å². The average Bonchev–Trinajstić information content (AvgIpc) is 3.05. The Labute approximate surface area is 147 Å². The molecule has 4 rings (SSSR count). The summed E-state index contributed by atoms with van der Waals surface area (Å²) in [5.74, 6) is -0.584. The van der Waals surface area contributed by atoms with Crippen LogP contribution in [0.4, 0.5) is 8.78 Å². The minimum Gasteiger partial charge on any atom is -0.277 e. The van der Waals surface area contributed by atoms with Crippen molar-refractivity contribution in [2.75, 3.05) is 0 Å². The molecule has 4 aromatic rings. The van der Waals surface area contributed by atoms with Gasteiger partial charge in [0.05, 0.1) is 5.25 Å². The largest absolute Gasteiger partial charge is 0.277 e. The van der Waals surface area contributed by atoms with Gasteiger partial charge in [-0.05, 0) is 47.5 Å². The second kappa shape index (κ2) is 6.64. The Morgan fingerprint density at radius 2 is 1.36 bits per heavy atom. The Morgan fingerprint density at radius 3 is 1.96 bits per heavy atom. The molecular weight excluding hydrogens is 340 g/mol. The van der Waals surface area contributed by atoms with Gasteiger partial charge < -0.3 is 0 Å². The van der Waals surface area contributed by atoms with E-state index in [1.165, 1.54) is 36.0 Å². The zero-order valence-electron chi connectivity index (χ0n) is 13.0. The Kier molecular flexibility index (Phi) is 4.19. The maximum absolute atomic E-state index is 13.3. The van der Waals surface area contributed by atoms with Crippen molar-refractivity contribution < 1.29 is 8.78 Å². The Morgan fingerprint density at radius 1 is 0.760 bits per heavy atom. The predicted molar refractivity (Wildman–Crippen MR) is 93.5 cm³/mol. The van der Waals surface area contributed by atoms with Crippen LogP contribution in [0, 0.1) is 11.6 Å². The number of hydrogen-bond donors (Lipinski definition) is 0. The third kappa shape index (κ3) is 3.25. The van der Waals surface area contributed by atoms with E-state index < -0.39 is 0 Å². The Hall–Kier alpha value is -2.73. The van der Waals surface area contributed by atoms with E-state index in [-0.39, 0.29) is 16.9 Å². The van der Waals surface area contributed by atoms with Gasteiger partial charge >= 0.3 is 0 Å². The van der Waals surface area contributed by atoms with E-state index >= 15 is 0 Å². The number of aromatic nitrogens is 3. The number of thioether (sulfide) groups is 1. The number of fused-ring (bicyclic) bond motifs is 1. The van der Waals surface area contributed by atoms with E-state index in [4.69, 9.17) is 0 Å². The van der Waals surface area contributed by atoms with Crippen molar-refractivity contribution in [1.82, 2.24) is 14.6 Å². The highest BCUT2D eigenvalue weighted by molar-refractivity contribution is 7.99. The van der Waals surface area contributed by atoms with Crippen LogP contribution >= 0.6 is 11.8 Å². The molecule has 6 heteroatoms. The molecule has 0 bridgehead atoms. The molecular formula is C19H13F2N3S. The molecule has 0 saturated carbocycles. The van der Waals surface area contributed by atoms with Crippen molar-refractivity contribution in [2.45, 2.75) is 10.4 Å². The molecule has 0 spiro atoms. The number of hydrogen-bond acceptors (Lipinski definition) is 3. The highest BCUT2D eigenvalue weighted by Crippen LogP contribution is 2.39. The van der Waals surface area contributed by atoms with Crippen molar-refractivity contribution in [1.29, 1.82) is 0 Å². The molecule has 2 aromatic carbocycles. The van der Waals surface area contributed by atoms with E-state index in [0.29, 0.717) is 5.16 Å². The summed E-state index contributed by atoms with van der Waals surface area (Å²) in [6, 6.07) is 18.3. The van der Waals surface area contributed by atoms with Crippen LogP contribution in [0.1, 0.15) is 16.4 Å². The summed E-state index contributed by atoms with van der Waals surface area (Å²) in [5, 5.41) is 8.97. The third-order valence-corrected chi connectivity index (χ3v) is 5.12. The third-order valence-electron chi connectivity index (χ3n) is 3.85. The van der Waals surface area contributed by atoms with Crippen LogP contribution in [0.3, 0.4) is 0 Å². The molecule has 0 saturated heterocycles. The average molecular weight is 353 g/mol. The van der Waals surface area contributed by atoms with E-state index in [1.54, 1.807) is 24.3 Å². The lowest BCUT2D eigenvalue weighted by Crippen LogP contribution is -1.99. The molecule has 3 nitrogen and oxygen atoms in total. The Bertz CT molecular complexity index is 952. The lowest BCUT2D eigenvalue weighted by Gasteiger charge is -2.16. The van der Waals surface area contributed by atoms with Crippen molar-refractivity contribution in [3.05, 3.63) is 95.7 Å². The van der Waals surface area contributed by atoms with Crippen LogP contribution < -0.4 is 0 Å². The van der Waals surface area contributed by atoms with Gasteiger partial charge in [-0.1, -0.05) is 42.1 Å². The molecule has 0 radical (unpaired) electrons. The second-order valence-electron chi connectivity index (χ2n) is 5.51. The first-order valence-corrected chi connectivity index (χ1v) is 8.56. The second-order valence-corrected chi connectivity index (χ2v) is 6.58. The highest BCUT2D eigenvalue weighted by Gasteiger charge is 2.19. The first-order valence-electron chi connectivity index (χ1n) is 7.68. The number of benzene rings is 2. The summed E-state index contributed by atoms with van der Waals surface area (Å²) >= 11 is 1.49. The number of nitrogens with zero attached hydrogens (tertiary/aromatic N) is 3. The molecule has 25 heavy (non-hydrogen) atoms. The van der Waals surface area contributed by atoms with Crippen LogP contribution in [-0.4, -0.2) is 14.6 Å². The van der Waals surface area contributed by atoms with Gasteiger partial charge in [0.2, 0.25) is 0 Å². The summed E-state index contributed by atoms with van der Waals surface area (Å²) in [4.78, 5) is 0. The van der Waals surface area contributed by atoms with Gasteiger partial charge in [-0.25, -0.2) is 8.78 Å². The van der Waals surface area contributed by atoms with Crippen LogP contribution in [0.5, 0.6) is 0 Å². The van der Waals surface area contributed by atoms with Gasteiger partial charge in [-0.2, -0.15) is 0 Å². The minimum atomic E-state index is -0.292. The predicted octanol–water partition coefficient (Wildman–Crippen LogP) is 4.89. The summed E-state index contributed by atoms with van der Waals surface area (Å²) in [5.41, 5.74) is 2.57. The number of pyridine rings is 1. The first-order chi connectivity index (χ1) is 12.2. The SMILES string of the molecule is Fc1ccc(C(Sc2nnc3ccccn23)c2ccc(F)cc2)cc1. The van der Waals surface area contributed by atoms with Gasteiger partial charge in [0, 0.05) is 6.20 Å². The fourth-order valence-corrected chi connectivity index (χ4v) is 3.76. The number of halogens is 2. The molecule has 0 atom stereocenters. The van der Waals surface area contributed by atoms with Gasteiger partial charge in [0.15, 0.2) is 10.8 Å². The van der Waals surface area contributed by atoms with Crippen molar-refractivity contribution in [3.8, 4) is 0 Å². The summed E-state index contributed by atoms with van der Waals surface area (Å²) in [6.07, 6.45) is 1.89. The van der Waals surface area contributed by atoms with Crippen LogP contribution in [0.25, 0.3) is 5.65 Å². The van der Waals surface area contributed by atoms with Crippen LogP contribution in [-0.2, 0) is 0 Å². The van der Waals surface area contributed by atoms with Gasteiger partial charge in [0.1, 0.15) is 11.6 Å². The maximum Gasteiger partial charge on any atom is 0.196 e. The highest BCUT2D eigenvalue weighted by atomic mass is 32.2. The summed E-state index contributed by atoms with van der Waals surface area (Å²) in [6.45, 7) is 0. The quantitative estimate of drug-likeness (QED) is 0.489. The smallest absolute Gasteiger partial charge is 0.196 e. The molecule has 0 N–H and O–H groups in total. The van der Waals surface area contributed by atoms with E-state index in [2.05, 4.69) is 10.2 Å². The molecule has 0 fully saturated rings. The van der Waals surface area contributed by atoms with E-state index in [9.17, 15) is 8.78 Å². The molecule has 0 unspecified atom stereocenters. The first kappa shape index (κ1) is 15.8.